The minimum atomic E-state index is -0.987. The average molecular weight is 1320 g/mol. The first-order chi connectivity index (χ1) is 43.1. The molecule has 38 heteroatoms. The van der Waals surface area contributed by atoms with E-state index in [1.807, 2.05) is 45.9 Å². The first kappa shape index (κ1) is 91.3. The van der Waals surface area contributed by atoms with Gasteiger partial charge >= 0.3 is 60.5 Å². The smallest absolute Gasteiger partial charge is 0.447 e. The largest absolute Gasteiger partial charge is 0.453 e. The Kier molecular flexibility index (Phi) is 52.4. The Morgan fingerprint density at radius 3 is 1.44 bits per heavy atom. The minimum absolute atomic E-state index is 0.129. The number of ether oxygens (including phenoxy) is 3. The van der Waals surface area contributed by atoms with E-state index < -0.39 is 83.8 Å². The zero-order valence-electron chi connectivity index (χ0n) is 56.2. The number of nitrogens with two attached hydrogens (primary N) is 2. The van der Waals surface area contributed by atoms with Crippen molar-refractivity contribution in [2.45, 2.75) is 139 Å². The van der Waals surface area contributed by atoms with Crippen molar-refractivity contribution >= 4 is 84.1 Å². The SMILES string of the molecule is C=CCN(CC)C(=O)N=NC(C)=O.CC(C)(C)CC(=O)N=NC(=O)OC(C)(C)C.CC(C)OC(=O)N=NC(=O)CC1CCCCC1.CCOC(=O)N=NC(=O)Cc1ccccc1.CN(C)C(=O)N=NC(=O)N(C)C.CN(C)C(=O)N=NC(N)=O.CNC(=O)N=NC(N)=O. The summed E-state index contributed by atoms with van der Waals surface area (Å²) in [7, 11) is 10.5. The van der Waals surface area contributed by atoms with Crippen LogP contribution < -0.4 is 16.8 Å². The molecule has 1 aliphatic rings. The number of azo groups is 7. The second-order valence-electron chi connectivity index (χ2n) is 21.2. The molecule has 21 amide bonds. The second kappa shape index (κ2) is 53.4. The number of urea groups is 7. The van der Waals surface area contributed by atoms with Gasteiger partial charge in [-0.05, 0) is 78.2 Å². The molecule has 518 valence electrons. The van der Waals surface area contributed by atoms with Crippen LogP contribution in [-0.4, -0.2) is 184 Å². The van der Waals surface area contributed by atoms with E-state index in [9.17, 15) is 67.1 Å². The van der Waals surface area contributed by atoms with Crippen LogP contribution in [0.25, 0.3) is 0 Å². The molecule has 0 aliphatic heterocycles. The lowest BCUT2D eigenvalue weighted by atomic mass is 9.87. The molecule has 1 aromatic carbocycles. The summed E-state index contributed by atoms with van der Waals surface area (Å²) in [4.78, 5) is 155. The molecule has 1 aliphatic carbocycles. The fourth-order valence-corrected chi connectivity index (χ4v) is 5.19. The molecule has 1 fully saturated rings. The zero-order valence-corrected chi connectivity index (χ0v) is 56.2. The number of primary amides is 2. The van der Waals surface area contributed by atoms with Gasteiger partial charge in [0.25, 0.3) is 23.6 Å². The Morgan fingerprint density at radius 2 is 1.03 bits per heavy atom. The van der Waals surface area contributed by atoms with E-state index in [1.165, 1.54) is 95.1 Å². The number of benzene rings is 1. The van der Waals surface area contributed by atoms with Gasteiger partial charge in [0.15, 0.2) is 0 Å². The topological polar surface area (TPSA) is 517 Å². The van der Waals surface area contributed by atoms with Crippen molar-refractivity contribution in [3.8, 4) is 0 Å². The van der Waals surface area contributed by atoms with Gasteiger partial charge in [-0.15, -0.1) is 27.0 Å². The fourth-order valence-electron chi connectivity index (χ4n) is 5.19. The predicted octanol–water partition coefficient (Wildman–Crippen LogP) is 11.7. The van der Waals surface area contributed by atoms with E-state index in [-0.39, 0.29) is 36.9 Å². The molecule has 0 spiro atoms. The van der Waals surface area contributed by atoms with Crippen LogP contribution >= 0.6 is 0 Å². The second-order valence-corrected chi connectivity index (χ2v) is 21.2. The van der Waals surface area contributed by atoms with Crippen molar-refractivity contribution in [2.75, 3.05) is 69.0 Å². The van der Waals surface area contributed by atoms with Crippen molar-refractivity contribution in [3.05, 3.63) is 48.6 Å². The van der Waals surface area contributed by atoms with E-state index in [0.29, 0.717) is 25.4 Å². The van der Waals surface area contributed by atoms with Crippen molar-refractivity contribution in [1.82, 2.24) is 24.9 Å². The summed E-state index contributed by atoms with van der Waals surface area (Å²) in [6, 6.07) is 4.22. The summed E-state index contributed by atoms with van der Waals surface area (Å²) in [6.45, 7) is 23.7. The molecule has 1 saturated carbocycles. The lowest BCUT2D eigenvalue weighted by molar-refractivity contribution is -0.120. The standard InChI is InChI=1S/C12H20N2O3.C11H12N2O3.C11H20N2O3.C8H13N3O2.C6H12N4O2.C4H8N4O2.C3H6N4O2/c1-9(2)17-12(16)14-13-11(15)8-10-6-4-3-5-7-10;1-2-16-11(15)13-12-10(14)8-9-6-4-3-5-7-9;1-10(2,3)7-8(14)12-13-9(15)16-11(4,5)6;1-4-6-11(5-2)8(13)10-9-7(3)12;1-9(2)5(11)7-8-6(12)10(3)4;1-8(2)4(10)7-6-3(5)9;1-5-3(9)7-6-2(4)8/h9-10H,3-8H2,1-2H3;3-7H,2,8H2,1H3;7H2,1-6H3;4H,1,5-6H2,2-3H3;1-4H3;1-2H3,(H2,5,9);1H3,(H2,4,8)(H,5,9). The molecule has 0 heterocycles. The van der Waals surface area contributed by atoms with E-state index >= 15 is 0 Å². The molecule has 5 N–H and O–H groups in total. The maximum absolute atomic E-state index is 11.4. The monoisotopic (exact) mass is 1320 g/mol. The lowest BCUT2D eigenvalue weighted by Gasteiger charge is -2.19. The highest BCUT2D eigenvalue weighted by atomic mass is 16.6. The van der Waals surface area contributed by atoms with Gasteiger partial charge in [-0.25, -0.2) is 47.9 Å². The number of hydrogen-bond acceptors (Lipinski definition) is 17. The van der Waals surface area contributed by atoms with Gasteiger partial charge in [0.2, 0.25) is 0 Å². The minimum Gasteiger partial charge on any atom is -0.447 e. The Bertz CT molecular complexity index is 2730. The van der Waals surface area contributed by atoms with E-state index in [4.69, 9.17) is 9.47 Å². The number of carbonyl (C=O) groups excluding carboxylic acids is 14. The Hall–Kier alpha value is -10.5. The summed E-state index contributed by atoms with van der Waals surface area (Å²) >= 11 is 0. The van der Waals surface area contributed by atoms with Crippen LogP contribution in [0, 0.1) is 11.3 Å². The molecule has 0 bridgehead atoms. The van der Waals surface area contributed by atoms with Gasteiger partial charge in [0.1, 0.15) is 5.60 Å². The van der Waals surface area contributed by atoms with E-state index in [0.717, 1.165) is 18.4 Å². The van der Waals surface area contributed by atoms with Crippen molar-refractivity contribution in [2.24, 2.45) is 94.4 Å². The van der Waals surface area contributed by atoms with Gasteiger partial charge in [-0.2, -0.15) is 0 Å². The fraction of sp³-hybridized carbons (Fsp3) is 0.600. The highest BCUT2D eigenvalue weighted by Gasteiger charge is 2.20. The van der Waals surface area contributed by atoms with Crippen molar-refractivity contribution in [3.63, 3.8) is 0 Å². The number of nitrogens with one attached hydrogen (secondary N) is 1. The molecule has 0 radical (unpaired) electrons. The molecular formula is C55H91N21O17. The molecule has 2 rings (SSSR count). The molecule has 93 heavy (non-hydrogen) atoms. The van der Waals surface area contributed by atoms with Crippen molar-refractivity contribution < 1.29 is 81.3 Å². The van der Waals surface area contributed by atoms with Crippen LogP contribution in [0.4, 0.5) is 47.9 Å². The molecule has 38 nitrogen and oxygen atoms in total. The van der Waals surface area contributed by atoms with Gasteiger partial charge < -0.3 is 50.6 Å². The van der Waals surface area contributed by atoms with Crippen LogP contribution in [0.5, 0.6) is 0 Å². The number of hydrogen-bond donors (Lipinski definition) is 3. The van der Waals surface area contributed by atoms with Crippen LogP contribution in [0.3, 0.4) is 0 Å². The van der Waals surface area contributed by atoms with Crippen LogP contribution in [-0.2, 0) is 39.8 Å². The maximum Gasteiger partial charge on any atom is 0.453 e. The molecule has 0 unspecified atom stereocenters. The summed E-state index contributed by atoms with van der Waals surface area (Å²) < 4.78 is 14.1. The summed E-state index contributed by atoms with van der Waals surface area (Å²) in [5.74, 6) is -1.28. The van der Waals surface area contributed by atoms with E-state index in [2.05, 4.69) is 99.7 Å². The Labute approximate surface area is 540 Å². The molecule has 0 aromatic heterocycles. The van der Waals surface area contributed by atoms with Crippen molar-refractivity contribution in [1.29, 1.82) is 0 Å². The highest BCUT2D eigenvalue weighted by Crippen LogP contribution is 2.26. The quantitative estimate of drug-likeness (QED) is 0.111. The highest BCUT2D eigenvalue weighted by molar-refractivity contribution is 5.83. The third-order valence-electron chi connectivity index (χ3n) is 9.13. The van der Waals surface area contributed by atoms with E-state index in [1.54, 1.807) is 59.8 Å². The van der Waals surface area contributed by atoms with Gasteiger partial charge in [-0.3, -0.25) is 19.2 Å². The van der Waals surface area contributed by atoms with Gasteiger partial charge in [0, 0.05) is 82.2 Å². The summed E-state index contributed by atoms with van der Waals surface area (Å²) in [6.07, 6.45) is 5.44. The third-order valence-corrected chi connectivity index (χ3v) is 9.13. The molecular weight excluding hydrogens is 1230 g/mol. The predicted molar refractivity (Wildman–Crippen MR) is 334 cm³/mol. The lowest BCUT2D eigenvalue weighted by Crippen LogP contribution is -2.27. The summed E-state index contributed by atoms with van der Waals surface area (Å²) in [5, 5.41) is 45.7. The Balaban J connectivity index is -0.000000327. The zero-order chi connectivity index (χ0) is 72.9. The first-order valence-corrected chi connectivity index (χ1v) is 28.1. The average Bonchev–Trinajstić information content (AvgIpc) is 3.59. The van der Waals surface area contributed by atoms with Crippen LogP contribution in [0.15, 0.2) is 115 Å². The number of likely N-dealkylation sites (N-methyl/N-ethyl adjacent to an activating group) is 1. The number of carbonyl (C=O) groups is 14. The summed E-state index contributed by atoms with van der Waals surface area (Å²) in [5.41, 5.74) is 9.13. The van der Waals surface area contributed by atoms with Gasteiger partial charge in [0.05, 0.1) is 19.1 Å². The molecule has 0 saturated heterocycles. The number of rotatable bonds is 10. The van der Waals surface area contributed by atoms with Crippen LogP contribution in [0.2, 0.25) is 0 Å². The van der Waals surface area contributed by atoms with Gasteiger partial charge in [-0.1, -0.05) is 128 Å². The molecule has 1 aromatic rings. The first-order valence-electron chi connectivity index (χ1n) is 28.1. The number of nitrogens with zero attached hydrogens (tertiary/aromatic N) is 18. The molecule has 0 atom stereocenters. The normalized spacial score (nSPS) is 11.9. The third kappa shape index (κ3) is 65.8. The maximum atomic E-state index is 11.4. The Morgan fingerprint density at radius 1 is 0.591 bits per heavy atom. The number of amides is 21. The van der Waals surface area contributed by atoms with Crippen LogP contribution in [0.1, 0.15) is 127 Å².